The van der Waals surface area contributed by atoms with Crippen LogP contribution in [0.1, 0.15) is 258 Å². The summed E-state index contributed by atoms with van der Waals surface area (Å²) in [4.78, 5) is 24.4. The van der Waals surface area contributed by atoms with Gasteiger partial charge in [0.2, 0.25) is 5.91 Å². The first-order chi connectivity index (χ1) is 28.5. The molecule has 0 aliphatic carbocycles. The first-order valence-corrected chi connectivity index (χ1v) is 25.3. The van der Waals surface area contributed by atoms with Gasteiger partial charge in [-0.3, -0.25) is 9.59 Å². The Balaban J connectivity index is 3.59. The molecule has 0 fully saturated rings. The monoisotopic (exact) mass is 816 g/mol. The molecule has 6 heteroatoms. The van der Waals surface area contributed by atoms with Crippen molar-refractivity contribution in [1.29, 1.82) is 0 Å². The van der Waals surface area contributed by atoms with Crippen molar-refractivity contribution in [2.24, 2.45) is 0 Å². The minimum absolute atomic E-state index is 0.0464. The van der Waals surface area contributed by atoms with Crippen molar-refractivity contribution in [3.05, 3.63) is 36.5 Å². The van der Waals surface area contributed by atoms with E-state index in [1.165, 1.54) is 161 Å². The highest BCUT2D eigenvalue weighted by atomic mass is 16.5. The van der Waals surface area contributed by atoms with Crippen LogP contribution >= 0.6 is 0 Å². The Kier molecular flexibility index (Phi) is 46.2. The Morgan fingerprint density at radius 2 is 0.828 bits per heavy atom. The number of amides is 1. The first-order valence-electron chi connectivity index (χ1n) is 25.3. The highest BCUT2D eigenvalue weighted by Crippen LogP contribution is 2.15. The maximum Gasteiger partial charge on any atom is 0.305 e. The van der Waals surface area contributed by atoms with Crippen LogP contribution in [0.2, 0.25) is 0 Å². The van der Waals surface area contributed by atoms with Crippen LogP contribution in [0.25, 0.3) is 0 Å². The molecule has 0 spiro atoms. The summed E-state index contributed by atoms with van der Waals surface area (Å²) in [6.45, 7) is 4.80. The Labute approximate surface area is 360 Å². The summed E-state index contributed by atoms with van der Waals surface area (Å²) >= 11 is 0. The number of aliphatic hydroxyl groups excluding tert-OH is 2. The number of hydrogen-bond donors (Lipinski definition) is 3. The average Bonchev–Trinajstić information content (AvgIpc) is 3.22. The van der Waals surface area contributed by atoms with E-state index in [1.54, 1.807) is 6.08 Å². The van der Waals surface area contributed by atoms with Crippen molar-refractivity contribution in [3.8, 4) is 0 Å². The quantitative estimate of drug-likeness (QED) is 0.0323. The van der Waals surface area contributed by atoms with Crippen LogP contribution < -0.4 is 5.32 Å². The van der Waals surface area contributed by atoms with Gasteiger partial charge >= 0.3 is 5.97 Å². The second kappa shape index (κ2) is 47.8. The van der Waals surface area contributed by atoms with Crippen LogP contribution in [-0.4, -0.2) is 47.4 Å². The third-order valence-electron chi connectivity index (χ3n) is 11.4. The van der Waals surface area contributed by atoms with E-state index < -0.39 is 12.1 Å². The van der Waals surface area contributed by atoms with Crippen molar-refractivity contribution in [1.82, 2.24) is 5.32 Å². The Morgan fingerprint density at radius 3 is 1.26 bits per heavy atom. The van der Waals surface area contributed by atoms with Crippen molar-refractivity contribution in [2.45, 2.75) is 270 Å². The van der Waals surface area contributed by atoms with Gasteiger partial charge in [0.25, 0.3) is 0 Å². The number of hydrogen-bond acceptors (Lipinski definition) is 5. The van der Waals surface area contributed by atoms with E-state index in [0.29, 0.717) is 19.4 Å². The highest BCUT2D eigenvalue weighted by molar-refractivity contribution is 5.76. The van der Waals surface area contributed by atoms with Crippen LogP contribution in [0.3, 0.4) is 0 Å². The molecule has 6 nitrogen and oxygen atoms in total. The number of ether oxygens (including phenoxy) is 1. The van der Waals surface area contributed by atoms with Crippen LogP contribution in [0.15, 0.2) is 36.5 Å². The molecule has 2 unspecified atom stereocenters. The van der Waals surface area contributed by atoms with E-state index in [4.69, 9.17) is 4.74 Å². The van der Waals surface area contributed by atoms with Gasteiger partial charge in [-0.1, -0.05) is 204 Å². The number of allylic oxidation sites excluding steroid dienone is 5. The number of unbranched alkanes of at least 4 members (excludes halogenated alkanes) is 31. The SMILES string of the molecule is CCCCCCCC/C=C\CCCCCCCC(=O)OCCCCCC/C=C\CCCC(=O)NC(CO)C(O)/C=C/CCCCCCCCCCCCCCCCC. The summed E-state index contributed by atoms with van der Waals surface area (Å²) in [7, 11) is 0. The molecule has 0 saturated carbocycles. The van der Waals surface area contributed by atoms with Crippen molar-refractivity contribution >= 4 is 11.9 Å². The standard InChI is InChI=1S/C52H97NO5/c1-3-5-7-9-11-13-15-17-19-20-22-23-25-28-32-36-40-44-50(55)49(48-54)53-51(56)45-41-37-33-29-27-31-35-39-43-47-58-52(57)46-42-38-34-30-26-24-21-18-16-14-12-10-8-6-4-2/h18,21,29,33,40,44,49-50,54-55H,3-17,19-20,22-28,30-32,34-39,41-43,45-48H2,1-2H3,(H,53,56)/b21-18-,33-29-,44-40+. The number of esters is 1. The fourth-order valence-corrected chi connectivity index (χ4v) is 7.45. The van der Waals surface area contributed by atoms with Crippen LogP contribution in [0, 0.1) is 0 Å². The number of carbonyl (C=O) groups is 2. The molecule has 0 saturated heterocycles. The number of rotatable bonds is 46. The molecular weight excluding hydrogens is 719 g/mol. The van der Waals surface area contributed by atoms with Gasteiger partial charge in [0.1, 0.15) is 0 Å². The Morgan fingerprint density at radius 1 is 0.466 bits per heavy atom. The molecule has 58 heavy (non-hydrogen) atoms. The number of nitrogens with one attached hydrogen (secondary N) is 1. The molecule has 340 valence electrons. The minimum atomic E-state index is -0.876. The van der Waals surface area contributed by atoms with E-state index in [0.717, 1.165) is 70.6 Å². The van der Waals surface area contributed by atoms with Crippen molar-refractivity contribution in [3.63, 3.8) is 0 Å². The van der Waals surface area contributed by atoms with Gasteiger partial charge in [0, 0.05) is 12.8 Å². The van der Waals surface area contributed by atoms with Crippen LogP contribution in [0.4, 0.5) is 0 Å². The van der Waals surface area contributed by atoms with E-state index >= 15 is 0 Å². The number of carbonyl (C=O) groups excluding carboxylic acids is 2. The van der Waals surface area contributed by atoms with Crippen molar-refractivity contribution in [2.75, 3.05) is 13.2 Å². The normalized spacial score (nSPS) is 13.0. The molecule has 2 atom stereocenters. The van der Waals surface area contributed by atoms with Crippen molar-refractivity contribution < 1.29 is 24.5 Å². The summed E-state index contributed by atoms with van der Waals surface area (Å²) in [6.07, 6.45) is 57.2. The summed E-state index contributed by atoms with van der Waals surface area (Å²) in [5, 5.41) is 23.0. The highest BCUT2D eigenvalue weighted by Gasteiger charge is 2.17. The topological polar surface area (TPSA) is 95.9 Å². The second-order valence-corrected chi connectivity index (χ2v) is 17.1. The van der Waals surface area contributed by atoms with Gasteiger partial charge < -0.3 is 20.3 Å². The van der Waals surface area contributed by atoms with Gasteiger partial charge in [-0.15, -0.1) is 0 Å². The molecular formula is C52H97NO5. The zero-order valence-electron chi connectivity index (χ0n) is 38.5. The lowest BCUT2D eigenvalue weighted by Crippen LogP contribution is -2.45. The molecule has 0 aromatic carbocycles. The minimum Gasteiger partial charge on any atom is -0.466 e. The van der Waals surface area contributed by atoms with Crippen LogP contribution in [0.5, 0.6) is 0 Å². The van der Waals surface area contributed by atoms with E-state index in [-0.39, 0.29) is 18.5 Å². The van der Waals surface area contributed by atoms with E-state index in [1.807, 2.05) is 6.08 Å². The maximum atomic E-state index is 12.4. The predicted molar refractivity (Wildman–Crippen MR) is 250 cm³/mol. The molecule has 1 amide bonds. The van der Waals surface area contributed by atoms with E-state index in [2.05, 4.69) is 43.5 Å². The number of aliphatic hydroxyl groups is 2. The van der Waals surface area contributed by atoms with Gasteiger partial charge in [0.15, 0.2) is 0 Å². The van der Waals surface area contributed by atoms with Gasteiger partial charge in [-0.2, -0.15) is 0 Å². The lowest BCUT2D eigenvalue weighted by molar-refractivity contribution is -0.143. The van der Waals surface area contributed by atoms with Gasteiger partial charge in [0.05, 0.1) is 25.4 Å². The summed E-state index contributed by atoms with van der Waals surface area (Å²) in [5.41, 5.74) is 0. The lowest BCUT2D eigenvalue weighted by Gasteiger charge is -2.19. The molecule has 0 rings (SSSR count). The van der Waals surface area contributed by atoms with E-state index in [9.17, 15) is 19.8 Å². The fraction of sp³-hybridized carbons (Fsp3) is 0.846. The Hall–Kier alpha value is -1.92. The molecule has 0 heterocycles. The van der Waals surface area contributed by atoms with Gasteiger partial charge in [-0.25, -0.2) is 0 Å². The Bertz CT molecular complexity index is 946. The third-order valence-corrected chi connectivity index (χ3v) is 11.4. The zero-order chi connectivity index (χ0) is 42.3. The second-order valence-electron chi connectivity index (χ2n) is 17.1. The average molecular weight is 816 g/mol. The molecule has 0 bridgehead atoms. The van der Waals surface area contributed by atoms with Gasteiger partial charge in [-0.05, 0) is 77.0 Å². The zero-order valence-corrected chi connectivity index (χ0v) is 38.5. The molecule has 0 aromatic heterocycles. The smallest absolute Gasteiger partial charge is 0.305 e. The summed E-state index contributed by atoms with van der Waals surface area (Å²) in [5.74, 6) is -0.175. The summed E-state index contributed by atoms with van der Waals surface area (Å²) in [6, 6.07) is -0.666. The molecule has 3 N–H and O–H groups in total. The first kappa shape index (κ1) is 56.1. The third kappa shape index (κ3) is 43.7. The lowest BCUT2D eigenvalue weighted by atomic mass is 10.0. The molecule has 0 aromatic rings. The summed E-state index contributed by atoms with van der Waals surface area (Å²) < 4.78 is 5.43. The van der Waals surface area contributed by atoms with Crippen LogP contribution in [-0.2, 0) is 14.3 Å². The maximum absolute atomic E-state index is 12.4. The molecule has 0 radical (unpaired) electrons. The molecule has 0 aliphatic rings. The largest absolute Gasteiger partial charge is 0.466 e. The molecule has 0 aliphatic heterocycles. The fourth-order valence-electron chi connectivity index (χ4n) is 7.45. The predicted octanol–water partition coefficient (Wildman–Crippen LogP) is 14.9.